The van der Waals surface area contributed by atoms with Crippen LogP contribution in [0.25, 0.3) is 0 Å². The van der Waals surface area contributed by atoms with Crippen LogP contribution in [0.1, 0.15) is 50.7 Å². The van der Waals surface area contributed by atoms with Crippen LogP contribution in [0.2, 0.25) is 0 Å². The van der Waals surface area contributed by atoms with Crippen LogP contribution in [0.15, 0.2) is 18.2 Å². The largest absolute Gasteiger partial charge is 0.370 e. The molecule has 0 bridgehead atoms. The van der Waals surface area contributed by atoms with Crippen LogP contribution in [-0.2, 0) is 0 Å². The van der Waals surface area contributed by atoms with Gasteiger partial charge in [0.1, 0.15) is 0 Å². The summed E-state index contributed by atoms with van der Waals surface area (Å²) >= 11 is 0. The van der Waals surface area contributed by atoms with Gasteiger partial charge in [-0.3, -0.25) is 0 Å². The molecule has 1 aliphatic rings. The van der Waals surface area contributed by atoms with E-state index < -0.39 is 0 Å². The molecule has 0 spiro atoms. The van der Waals surface area contributed by atoms with E-state index in [1.807, 2.05) is 0 Å². The molecule has 106 valence electrons. The second-order valence-corrected chi connectivity index (χ2v) is 6.18. The van der Waals surface area contributed by atoms with Crippen LogP contribution in [0, 0.1) is 6.92 Å². The summed E-state index contributed by atoms with van der Waals surface area (Å²) in [6.45, 7) is 12.6. The van der Waals surface area contributed by atoms with Gasteiger partial charge in [0, 0.05) is 24.8 Å². The van der Waals surface area contributed by atoms with E-state index in [9.17, 15) is 0 Å². The first-order valence-corrected chi connectivity index (χ1v) is 7.67. The Hall–Kier alpha value is -1.02. The maximum Gasteiger partial charge on any atom is 0.0431 e. The predicted molar refractivity (Wildman–Crippen MR) is 84.2 cm³/mol. The summed E-state index contributed by atoms with van der Waals surface area (Å²) in [5.41, 5.74) is 4.39. The Morgan fingerprint density at radius 1 is 1.26 bits per heavy atom. The van der Waals surface area contributed by atoms with E-state index in [1.165, 1.54) is 42.7 Å². The summed E-state index contributed by atoms with van der Waals surface area (Å²) in [5.74, 6) is 0.587. The summed E-state index contributed by atoms with van der Waals surface area (Å²) in [5, 5.41) is 3.61. The lowest BCUT2D eigenvalue weighted by molar-refractivity contribution is 0.484. The van der Waals surface area contributed by atoms with Crippen molar-refractivity contribution in [1.29, 1.82) is 0 Å². The Balaban J connectivity index is 2.32. The highest BCUT2D eigenvalue weighted by Gasteiger charge is 2.19. The maximum absolute atomic E-state index is 3.61. The average Bonchev–Trinajstić information content (AvgIpc) is 2.33. The number of anilines is 1. The fourth-order valence-corrected chi connectivity index (χ4v) is 3.05. The molecular formula is C17H28N2. The maximum atomic E-state index is 3.61. The Bertz CT molecular complexity index is 412. The minimum atomic E-state index is 0.569. The quantitative estimate of drug-likeness (QED) is 0.872. The second-order valence-electron chi connectivity index (χ2n) is 6.18. The fraction of sp³-hybridized carbons (Fsp3) is 0.647. The number of hydrogen-bond donors (Lipinski definition) is 1. The van der Waals surface area contributed by atoms with Crippen LogP contribution in [0.5, 0.6) is 0 Å². The van der Waals surface area contributed by atoms with Crippen LogP contribution < -0.4 is 10.2 Å². The van der Waals surface area contributed by atoms with Crippen LogP contribution in [0.3, 0.4) is 0 Å². The molecule has 0 saturated carbocycles. The molecule has 1 saturated heterocycles. The van der Waals surface area contributed by atoms with Gasteiger partial charge in [-0.05, 0) is 50.3 Å². The Kier molecular flexibility index (Phi) is 4.87. The van der Waals surface area contributed by atoms with Gasteiger partial charge in [0.25, 0.3) is 0 Å². The van der Waals surface area contributed by atoms with Crippen LogP contribution >= 0.6 is 0 Å². The van der Waals surface area contributed by atoms with E-state index in [-0.39, 0.29) is 0 Å². The van der Waals surface area contributed by atoms with E-state index >= 15 is 0 Å². The Morgan fingerprint density at radius 3 is 2.79 bits per heavy atom. The summed E-state index contributed by atoms with van der Waals surface area (Å²) < 4.78 is 0. The molecule has 1 fully saturated rings. The van der Waals surface area contributed by atoms with Crippen LogP contribution in [-0.4, -0.2) is 25.7 Å². The molecule has 0 radical (unpaired) electrons. The standard InChI is InChI=1S/C17H28N2/c1-13(2)16-9-7-8-14(3)17(16)19-11-6-5-10-18-15(4)12-19/h7-9,13,15,18H,5-6,10-12H2,1-4H3. The molecule has 19 heavy (non-hydrogen) atoms. The van der Waals surface area contributed by atoms with Gasteiger partial charge in [0.05, 0.1) is 0 Å². The van der Waals surface area contributed by atoms with Crippen molar-refractivity contribution in [2.75, 3.05) is 24.5 Å². The minimum absolute atomic E-state index is 0.569. The molecule has 1 aromatic carbocycles. The SMILES string of the molecule is Cc1cccc(C(C)C)c1N1CCCCNC(C)C1. The number of nitrogens with zero attached hydrogens (tertiary/aromatic N) is 1. The normalized spacial score (nSPS) is 21.3. The van der Waals surface area contributed by atoms with Crippen molar-refractivity contribution in [3.8, 4) is 0 Å². The molecule has 1 N–H and O–H groups in total. The number of benzene rings is 1. The van der Waals surface area contributed by atoms with E-state index in [4.69, 9.17) is 0 Å². The van der Waals surface area contributed by atoms with Gasteiger partial charge in [-0.2, -0.15) is 0 Å². The molecule has 1 atom stereocenters. The summed E-state index contributed by atoms with van der Waals surface area (Å²) in [7, 11) is 0. The molecule has 1 aliphatic heterocycles. The lowest BCUT2D eigenvalue weighted by atomic mass is 9.96. The third kappa shape index (κ3) is 3.50. The number of aryl methyl sites for hydroxylation is 1. The summed E-state index contributed by atoms with van der Waals surface area (Å²) in [6.07, 6.45) is 2.56. The predicted octanol–water partition coefficient (Wildman–Crippen LogP) is 3.70. The highest BCUT2D eigenvalue weighted by molar-refractivity contribution is 5.60. The van der Waals surface area contributed by atoms with Gasteiger partial charge in [0.15, 0.2) is 0 Å². The van der Waals surface area contributed by atoms with Crippen molar-refractivity contribution in [2.24, 2.45) is 0 Å². The van der Waals surface area contributed by atoms with Crippen molar-refractivity contribution < 1.29 is 0 Å². The molecule has 0 amide bonds. The van der Waals surface area contributed by atoms with Crippen molar-refractivity contribution in [1.82, 2.24) is 5.32 Å². The number of hydrogen-bond acceptors (Lipinski definition) is 2. The lowest BCUT2D eigenvalue weighted by Crippen LogP contribution is -2.43. The fourth-order valence-electron chi connectivity index (χ4n) is 3.05. The number of nitrogens with one attached hydrogen (secondary N) is 1. The second kappa shape index (κ2) is 6.42. The summed E-state index contributed by atoms with van der Waals surface area (Å²) in [6, 6.07) is 7.31. The number of para-hydroxylation sites is 1. The van der Waals surface area contributed by atoms with Gasteiger partial charge in [-0.1, -0.05) is 32.0 Å². The Labute approximate surface area is 118 Å². The molecular weight excluding hydrogens is 232 g/mol. The molecule has 2 nitrogen and oxygen atoms in total. The van der Waals surface area contributed by atoms with Crippen LogP contribution in [0.4, 0.5) is 5.69 Å². The first kappa shape index (κ1) is 14.4. The van der Waals surface area contributed by atoms with Gasteiger partial charge in [-0.15, -0.1) is 0 Å². The van der Waals surface area contributed by atoms with Gasteiger partial charge < -0.3 is 10.2 Å². The van der Waals surface area contributed by atoms with Gasteiger partial charge in [-0.25, -0.2) is 0 Å². The molecule has 1 unspecified atom stereocenters. The van der Waals surface area contributed by atoms with Crippen molar-refractivity contribution in [2.45, 2.75) is 52.5 Å². The van der Waals surface area contributed by atoms with Crippen molar-refractivity contribution in [3.63, 3.8) is 0 Å². The third-order valence-corrected chi connectivity index (χ3v) is 4.05. The highest BCUT2D eigenvalue weighted by Crippen LogP contribution is 2.31. The highest BCUT2D eigenvalue weighted by atomic mass is 15.2. The first-order chi connectivity index (χ1) is 9.09. The molecule has 1 aromatic rings. The minimum Gasteiger partial charge on any atom is -0.370 e. The summed E-state index contributed by atoms with van der Waals surface area (Å²) in [4.78, 5) is 2.60. The first-order valence-electron chi connectivity index (χ1n) is 7.67. The number of rotatable bonds is 2. The van der Waals surface area contributed by atoms with Gasteiger partial charge in [0.2, 0.25) is 0 Å². The van der Waals surface area contributed by atoms with Crippen molar-refractivity contribution in [3.05, 3.63) is 29.3 Å². The molecule has 2 rings (SSSR count). The van der Waals surface area contributed by atoms with E-state index in [1.54, 1.807) is 0 Å². The van der Waals surface area contributed by atoms with E-state index in [0.29, 0.717) is 12.0 Å². The topological polar surface area (TPSA) is 15.3 Å². The zero-order chi connectivity index (χ0) is 13.8. The molecule has 2 heteroatoms. The zero-order valence-corrected chi connectivity index (χ0v) is 12.9. The third-order valence-electron chi connectivity index (χ3n) is 4.05. The van der Waals surface area contributed by atoms with E-state index in [2.05, 4.69) is 56.1 Å². The van der Waals surface area contributed by atoms with Gasteiger partial charge >= 0.3 is 0 Å². The zero-order valence-electron chi connectivity index (χ0n) is 12.9. The smallest absolute Gasteiger partial charge is 0.0431 e. The monoisotopic (exact) mass is 260 g/mol. The molecule has 0 aromatic heterocycles. The average molecular weight is 260 g/mol. The molecule has 0 aliphatic carbocycles. The Morgan fingerprint density at radius 2 is 2.05 bits per heavy atom. The molecule has 1 heterocycles. The van der Waals surface area contributed by atoms with E-state index in [0.717, 1.165) is 6.54 Å². The lowest BCUT2D eigenvalue weighted by Gasteiger charge is -2.34. The van der Waals surface area contributed by atoms with Crippen molar-refractivity contribution >= 4 is 5.69 Å².